The molecule has 1 aromatic carbocycles. The number of aromatic nitrogens is 2. The number of fused-ring (bicyclic) bond motifs is 1. The van der Waals surface area contributed by atoms with Gasteiger partial charge in [0, 0.05) is 44.0 Å². The number of β-amino-alcohol motifs (C(OH)–C–C–N with tert-alkyl or cyclic N) is 1. The molecule has 1 aliphatic heterocycles. The van der Waals surface area contributed by atoms with Gasteiger partial charge in [-0.2, -0.15) is 0 Å². The Labute approximate surface area is 223 Å². The van der Waals surface area contributed by atoms with Gasteiger partial charge in [-0.25, -0.2) is 9.97 Å². The highest BCUT2D eigenvalue weighted by molar-refractivity contribution is 5.94. The normalized spacial score (nSPS) is 17.0. The molecule has 3 N–H and O–H groups in total. The third kappa shape index (κ3) is 6.71. The fraction of sp³-hybridized carbons (Fsp3) is 0.483. The number of aliphatic hydroxyl groups is 1. The Morgan fingerprint density at radius 3 is 2.95 bits per heavy atom. The highest BCUT2D eigenvalue weighted by Gasteiger charge is 2.22. The first-order chi connectivity index (χ1) is 18.5. The Bertz CT molecular complexity index is 1210. The van der Waals surface area contributed by atoms with Crippen LogP contribution in [0.5, 0.6) is 5.75 Å². The lowest BCUT2D eigenvalue weighted by Gasteiger charge is -2.31. The molecule has 0 bridgehead atoms. The molecule has 2 aromatic heterocycles. The van der Waals surface area contributed by atoms with Gasteiger partial charge in [0.2, 0.25) is 0 Å². The van der Waals surface area contributed by atoms with Crippen LogP contribution in [-0.2, 0) is 19.6 Å². The van der Waals surface area contributed by atoms with E-state index in [0.29, 0.717) is 30.5 Å². The average Bonchev–Trinajstić information content (AvgIpc) is 3.46. The van der Waals surface area contributed by atoms with Gasteiger partial charge in [-0.05, 0) is 61.1 Å². The summed E-state index contributed by atoms with van der Waals surface area (Å²) in [5, 5.41) is 17.0. The van der Waals surface area contributed by atoms with Gasteiger partial charge in [0.15, 0.2) is 12.2 Å². The first kappa shape index (κ1) is 26.2. The number of pyridine rings is 1. The zero-order valence-electron chi connectivity index (χ0n) is 22.0. The lowest BCUT2D eigenvalue weighted by atomic mass is 9.94. The van der Waals surface area contributed by atoms with Gasteiger partial charge >= 0.3 is 0 Å². The Hall–Kier alpha value is -3.43. The van der Waals surface area contributed by atoms with Crippen molar-refractivity contribution >= 4 is 11.7 Å². The zero-order chi connectivity index (χ0) is 26.3. The Morgan fingerprint density at radius 2 is 2.13 bits per heavy atom. The van der Waals surface area contributed by atoms with Gasteiger partial charge in [0.05, 0.1) is 12.3 Å². The number of carbonyl (C=O) groups is 1. The number of hydrogen-bond acceptors (Lipinski definition) is 8. The Balaban J connectivity index is 1.09. The Kier molecular flexibility index (Phi) is 8.55. The highest BCUT2D eigenvalue weighted by Crippen LogP contribution is 2.30. The molecule has 1 aliphatic carbocycles. The molecule has 0 unspecified atom stereocenters. The lowest BCUT2D eigenvalue weighted by Crippen LogP contribution is -2.42. The van der Waals surface area contributed by atoms with Crippen LogP contribution in [0.25, 0.3) is 0 Å². The lowest BCUT2D eigenvalue weighted by molar-refractivity contribution is 0.0841. The second kappa shape index (κ2) is 12.4. The van der Waals surface area contributed by atoms with E-state index in [0.717, 1.165) is 49.5 Å². The molecule has 0 radical (unpaired) electrons. The third-order valence-electron chi connectivity index (χ3n) is 7.52. The van der Waals surface area contributed by atoms with E-state index in [1.54, 1.807) is 24.5 Å². The largest absolute Gasteiger partial charge is 0.485 e. The number of hydrogen-bond donors (Lipinski definition) is 3. The number of nitrogens with zero attached hydrogens (tertiary/aromatic N) is 3. The van der Waals surface area contributed by atoms with Crippen molar-refractivity contribution < 1.29 is 19.1 Å². The van der Waals surface area contributed by atoms with Crippen LogP contribution in [0.15, 0.2) is 47.5 Å². The van der Waals surface area contributed by atoms with Crippen molar-refractivity contribution in [2.45, 2.75) is 70.7 Å². The molecule has 1 fully saturated rings. The molecule has 9 heteroatoms. The van der Waals surface area contributed by atoms with Crippen molar-refractivity contribution in [3.8, 4) is 5.75 Å². The zero-order valence-corrected chi connectivity index (χ0v) is 22.0. The minimum Gasteiger partial charge on any atom is -0.485 e. The summed E-state index contributed by atoms with van der Waals surface area (Å²) in [6.07, 6.45) is 11.0. The van der Waals surface area contributed by atoms with Gasteiger partial charge in [0.1, 0.15) is 18.2 Å². The Morgan fingerprint density at radius 1 is 1.26 bits per heavy atom. The molecule has 5 rings (SSSR count). The molecule has 3 aromatic rings. The molecule has 2 aliphatic rings. The molecule has 202 valence electrons. The van der Waals surface area contributed by atoms with Crippen LogP contribution in [0.1, 0.15) is 64.9 Å². The average molecular weight is 520 g/mol. The van der Waals surface area contributed by atoms with E-state index in [4.69, 9.17) is 9.15 Å². The number of aliphatic hydroxyl groups excluding tert-OH is 1. The summed E-state index contributed by atoms with van der Waals surface area (Å²) in [4.78, 5) is 23.3. The van der Waals surface area contributed by atoms with Crippen LogP contribution in [0, 0.1) is 6.92 Å². The SMILES string of the molecule is Cc1c(OCc2cnco2)ccc2c1CCN(C[C@@H](O)CNC(=O)c1ccnc(NC3CCCCC3)c1)C2. The van der Waals surface area contributed by atoms with Crippen LogP contribution in [-0.4, -0.2) is 57.7 Å². The summed E-state index contributed by atoms with van der Waals surface area (Å²) < 4.78 is 11.2. The van der Waals surface area contributed by atoms with Gasteiger partial charge in [-0.3, -0.25) is 9.69 Å². The summed E-state index contributed by atoms with van der Waals surface area (Å²) in [6.45, 7) is 4.72. The van der Waals surface area contributed by atoms with Crippen molar-refractivity contribution in [3.63, 3.8) is 0 Å². The molecule has 1 amide bonds. The molecule has 38 heavy (non-hydrogen) atoms. The number of nitrogens with one attached hydrogen (secondary N) is 2. The maximum absolute atomic E-state index is 12.7. The van der Waals surface area contributed by atoms with Crippen molar-refractivity contribution in [2.24, 2.45) is 0 Å². The highest BCUT2D eigenvalue weighted by atomic mass is 16.5. The minimum atomic E-state index is -0.659. The predicted octanol–water partition coefficient (Wildman–Crippen LogP) is 3.85. The van der Waals surface area contributed by atoms with Crippen molar-refractivity contribution in [3.05, 3.63) is 71.1 Å². The fourth-order valence-corrected chi connectivity index (χ4v) is 5.43. The number of oxazole rings is 1. The van der Waals surface area contributed by atoms with Gasteiger partial charge in [-0.1, -0.05) is 25.3 Å². The predicted molar refractivity (Wildman–Crippen MR) is 144 cm³/mol. The van der Waals surface area contributed by atoms with Crippen molar-refractivity contribution in [1.82, 2.24) is 20.2 Å². The van der Waals surface area contributed by atoms with Crippen molar-refractivity contribution in [1.29, 1.82) is 0 Å². The summed E-state index contributed by atoms with van der Waals surface area (Å²) in [6, 6.07) is 8.02. The number of rotatable bonds is 10. The maximum atomic E-state index is 12.7. The standard InChI is InChI=1S/C29H37N5O4/c1-20-26-10-12-34(16-22(26)7-8-27(20)37-18-25-15-30-19-38-25)17-24(35)14-32-29(36)21-9-11-31-28(13-21)33-23-5-3-2-4-6-23/h7-9,11,13,15,19,23-24,35H,2-6,10,12,14,16-18H2,1H3,(H,31,33)(H,32,36)/t24-/m0/s1. The summed E-state index contributed by atoms with van der Waals surface area (Å²) >= 11 is 0. The third-order valence-corrected chi connectivity index (χ3v) is 7.52. The van der Waals surface area contributed by atoms with Crippen molar-refractivity contribution in [2.75, 3.05) is 25.0 Å². The second-order valence-corrected chi connectivity index (χ2v) is 10.3. The molecular formula is C29H37N5O4. The van der Waals surface area contributed by atoms with Crippen LogP contribution in [0.2, 0.25) is 0 Å². The number of carbonyl (C=O) groups excluding carboxylic acids is 1. The van der Waals surface area contributed by atoms with E-state index < -0.39 is 6.10 Å². The smallest absolute Gasteiger partial charge is 0.251 e. The minimum absolute atomic E-state index is 0.198. The van der Waals surface area contributed by atoms with Crippen LogP contribution >= 0.6 is 0 Å². The van der Waals surface area contributed by atoms with Gasteiger partial charge < -0.3 is 24.9 Å². The van der Waals surface area contributed by atoms with Gasteiger partial charge in [0.25, 0.3) is 5.91 Å². The number of benzene rings is 1. The van der Waals surface area contributed by atoms with E-state index >= 15 is 0 Å². The number of amides is 1. The number of anilines is 1. The van der Waals surface area contributed by atoms with E-state index in [1.807, 2.05) is 6.07 Å². The second-order valence-electron chi connectivity index (χ2n) is 10.3. The quantitative estimate of drug-likeness (QED) is 0.370. The van der Waals surface area contributed by atoms with E-state index in [9.17, 15) is 9.90 Å². The first-order valence-electron chi connectivity index (χ1n) is 13.6. The topological polar surface area (TPSA) is 113 Å². The van der Waals surface area contributed by atoms with Crippen LogP contribution in [0.4, 0.5) is 5.82 Å². The first-order valence-corrected chi connectivity index (χ1v) is 13.6. The molecule has 1 atom stereocenters. The summed E-state index contributed by atoms with van der Waals surface area (Å²) in [5.74, 6) is 2.08. The monoisotopic (exact) mass is 519 g/mol. The van der Waals surface area contributed by atoms with E-state index in [2.05, 4.69) is 38.5 Å². The molecule has 3 heterocycles. The van der Waals surface area contributed by atoms with Crippen LogP contribution in [0.3, 0.4) is 0 Å². The summed E-state index contributed by atoms with van der Waals surface area (Å²) in [5.41, 5.74) is 4.24. The molecule has 0 saturated heterocycles. The maximum Gasteiger partial charge on any atom is 0.251 e. The molecule has 1 saturated carbocycles. The van der Waals surface area contributed by atoms with Crippen LogP contribution < -0.4 is 15.4 Å². The fourth-order valence-electron chi connectivity index (χ4n) is 5.43. The summed E-state index contributed by atoms with van der Waals surface area (Å²) in [7, 11) is 0. The molecule has 0 spiro atoms. The molecular weight excluding hydrogens is 482 g/mol. The number of ether oxygens (including phenoxy) is 1. The molecule has 9 nitrogen and oxygen atoms in total. The van der Waals surface area contributed by atoms with E-state index in [1.165, 1.54) is 36.8 Å². The van der Waals surface area contributed by atoms with E-state index in [-0.39, 0.29) is 12.5 Å². The van der Waals surface area contributed by atoms with Gasteiger partial charge in [-0.15, -0.1) is 0 Å².